The molecule has 0 aromatic heterocycles. The molecule has 0 spiro atoms. The molecule has 1 N–H and O–H groups in total. The lowest BCUT2D eigenvalue weighted by Gasteiger charge is -2.32. The van der Waals surface area contributed by atoms with Crippen molar-refractivity contribution in [3.8, 4) is 0 Å². The number of aliphatic imine (C=N–C) groups is 1. The summed E-state index contributed by atoms with van der Waals surface area (Å²) in [4.78, 5) is 6.14. The number of aliphatic hydroxyl groups is 1. The van der Waals surface area contributed by atoms with Gasteiger partial charge in [0.25, 0.3) is 0 Å². The summed E-state index contributed by atoms with van der Waals surface area (Å²) in [7, 11) is -0.778. The fourth-order valence-corrected chi connectivity index (χ4v) is 5.15. The maximum absolute atomic E-state index is 12.4. The van der Waals surface area contributed by atoms with Gasteiger partial charge in [0, 0.05) is 26.2 Å². The molecule has 22 heavy (non-hydrogen) atoms. The molecule has 1 aromatic rings. The average molecular weight is 362 g/mol. The number of benzene rings is 1. The summed E-state index contributed by atoms with van der Waals surface area (Å²) in [5.41, 5.74) is -0.738. The number of rotatable bonds is 3. The van der Waals surface area contributed by atoms with Crippen LogP contribution in [-0.4, -0.2) is 60.8 Å². The van der Waals surface area contributed by atoms with Crippen LogP contribution in [0.15, 0.2) is 28.1 Å². The number of hydrogen-bond donors (Lipinski definition) is 1. The topological polar surface area (TPSA) is 73.2 Å². The summed E-state index contributed by atoms with van der Waals surface area (Å²) >= 11 is 7.53. The largest absolute Gasteiger partial charge is 0.366 e. The highest BCUT2D eigenvalue weighted by molar-refractivity contribution is 8.14. The maximum atomic E-state index is 12.4. The SMILES string of the molecule is CN(C)S(=O)(=O)c1cc(C2(O)CSC3=NCCN32)ccc1Cl. The van der Waals surface area contributed by atoms with Crippen molar-refractivity contribution in [1.29, 1.82) is 0 Å². The van der Waals surface area contributed by atoms with Crippen LogP contribution in [0.2, 0.25) is 5.02 Å². The Labute approximate surface area is 138 Å². The number of thioether (sulfide) groups is 1. The van der Waals surface area contributed by atoms with E-state index in [4.69, 9.17) is 11.6 Å². The van der Waals surface area contributed by atoms with Crippen LogP contribution in [0.25, 0.3) is 0 Å². The molecule has 0 aliphatic carbocycles. The van der Waals surface area contributed by atoms with Crippen molar-refractivity contribution < 1.29 is 13.5 Å². The third-order valence-electron chi connectivity index (χ3n) is 3.80. The lowest BCUT2D eigenvalue weighted by molar-refractivity contribution is -0.0427. The summed E-state index contributed by atoms with van der Waals surface area (Å²) in [6.07, 6.45) is 0. The Hall–Kier alpha value is -0.800. The second-order valence-corrected chi connectivity index (χ2v) is 8.82. The maximum Gasteiger partial charge on any atom is 0.244 e. The molecule has 2 aliphatic rings. The predicted octanol–water partition coefficient (Wildman–Crippen LogP) is 1.15. The van der Waals surface area contributed by atoms with Gasteiger partial charge >= 0.3 is 0 Å². The van der Waals surface area contributed by atoms with E-state index in [9.17, 15) is 13.5 Å². The van der Waals surface area contributed by atoms with E-state index < -0.39 is 15.7 Å². The molecule has 3 rings (SSSR count). The van der Waals surface area contributed by atoms with E-state index in [1.54, 1.807) is 6.07 Å². The number of sulfonamides is 1. The van der Waals surface area contributed by atoms with E-state index >= 15 is 0 Å². The van der Waals surface area contributed by atoms with Crippen molar-refractivity contribution in [2.45, 2.75) is 10.6 Å². The van der Waals surface area contributed by atoms with Crippen LogP contribution in [-0.2, 0) is 15.7 Å². The Kier molecular flexibility index (Phi) is 3.93. The normalized spacial score (nSPS) is 24.8. The van der Waals surface area contributed by atoms with Crippen molar-refractivity contribution in [2.24, 2.45) is 4.99 Å². The van der Waals surface area contributed by atoms with Crippen LogP contribution >= 0.6 is 23.4 Å². The van der Waals surface area contributed by atoms with Crippen molar-refractivity contribution >= 4 is 38.6 Å². The third-order valence-corrected chi connectivity index (χ3v) is 7.25. The number of fused-ring (bicyclic) bond motifs is 1. The van der Waals surface area contributed by atoms with Crippen LogP contribution < -0.4 is 0 Å². The van der Waals surface area contributed by atoms with Crippen molar-refractivity contribution in [3.63, 3.8) is 0 Å². The van der Waals surface area contributed by atoms with E-state index in [0.717, 1.165) is 9.47 Å². The van der Waals surface area contributed by atoms with Gasteiger partial charge < -0.3 is 10.0 Å². The van der Waals surface area contributed by atoms with E-state index in [2.05, 4.69) is 4.99 Å². The van der Waals surface area contributed by atoms with E-state index in [1.165, 1.54) is 38.0 Å². The molecule has 2 aliphatic heterocycles. The molecule has 1 aromatic carbocycles. The first-order valence-electron chi connectivity index (χ1n) is 6.66. The van der Waals surface area contributed by atoms with Gasteiger partial charge in [0.05, 0.1) is 17.3 Å². The summed E-state index contributed by atoms with van der Waals surface area (Å²) in [5.74, 6) is 0.412. The molecule has 0 bridgehead atoms. The standard InChI is InChI=1S/C13H16ClN3O3S2/c1-16(2)22(19,20)11-7-9(3-4-10(11)14)13(18)8-21-12-15-5-6-17(12)13/h3-4,7,18H,5-6,8H2,1-2H3. The summed E-state index contributed by atoms with van der Waals surface area (Å²) in [6, 6.07) is 4.64. The van der Waals surface area contributed by atoms with Crippen LogP contribution in [0.3, 0.4) is 0 Å². The Balaban J connectivity index is 2.09. The second-order valence-electron chi connectivity index (χ2n) is 5.35. The van der Waals surface area contributed by atoms with Crippen molar-refractivity contribution in [1.82, 2.24) is 9.21 Å². The Morgan fingerprint density at radius 1 is 1.45 bits per heavy atom. The molecule has 2 heterocycles. The number of nitrogens with zero attached hydrogens (tertiary/aromatic N) is 3. The molecule has 9 heteroatoms. The first-order valence-corrected chi connectivity index (χ1v) is 9.47. The van der Waals surface area contributed by atoms with Crippen LogP contribution in [0.5, 0.6) is 0 Å². The third kappa shape index (κ3) is 2.33. The summed E-state index contributed by atoms with van der Waals surface area (Å²) in [5, 5.41) is 12.0. The molecule has 1 saturated heterocycles. The molecule has 1 atom stereocenters. The molecule has 1 unspecified atom stereocenters. The number of hydrogen-bond acceptors (Lipinski definition) is 6. The minimum Gasteiger partial charge on any atom is -0.366 e. The van der Waals surface area contributed by atoms with Gasteiger partial charge in [0.2, 0.25) is 10.0 Å². The lowest BCUT2D eigenvalue weighted by Crippen LogP contribution is -2.44. The van der Waals surface area contributed by atoms with Crippen LogP contribution in [0, 0.1) is 0 Å². The van der Waals surface area contributed by atoms with Crippen LogP contribution in [0.4, 0.5) is 0 Å². The number of halogens is 1. The zero-order valence-electron chi connectivity index (χ0n) is 12.2. The summed E-state index contributed by atoms with van der Waals surface area (Å²) in [6.45, 7) is 1.26. The van der Waals surface area contributed by atoms with Gasteiger partial charge in [-0.2, -0.15) is 0 Å². The minimum atomic E-state index is -3.67. The van der Waals surface area contributed by atoms with Gasteiger partial charge in [0.1, 0.15) is 4.90 Å². The second kappa shape index (κ2) is 5.38. The Morgan fingerprint density at radius 2 is 2.18 bits per heavy atom. The zero-order valence-corrected chi connectivity index (χ0v) is 14.5. The quantitative estimate of drug-likeness (QED) is 0.874. The molecule has 6 nitrogen and oxygen atoms in total. The fraction of sp³-hybridized carbons (Fsp3) is 0.462. The van der Waals surface area contributed by atoms with Gasteiger partial charge in [0.15, 0.2) is 10.9 Å². The average Bonchev–Trinajstić information content (AvgIpc) is 3.04. The lowest BCUT2D eigenvalue weighted by atomic mass is 10.0. The predicted molar refractivity (Wildman–Crippen MR) is 87.7 cm³/mol. The zero-order chi connectivity index (χ0) is 16.1. The Bertz CT molecular complexity index is 751. The minimum absolute atomic E-state index is 0.000299. The molecular formula is C13H16ClN3O3S2. The first-order chi connectivity index (χ1) is 10.3. The van der Waals surface area contributed by atoms with E-state index in [1.807, 2.05) is 4.90 Å². The molecule has 120 valence electrons. The monoisotopic (exact) mass is 361 g/mol. The van der Waals surface area contributed by atoms with Crippen molar-refractivity contribution in [2.75, 3.05) is 32.9 Å². The highest BCUT2D eigenvalue weighted by Gasteiger charge is 2.46. The fourth-order valence-electron chi connectivity index (χ4n) is 2.52. The van der Waals surface area contributed by atoms with Gasteiger partial charge in [-0.25, -0.2) is 12.7 Å². The smallest absolute Gasteiger partial charge is 0.244 e. The van der Waals surface area contributed by atoms with Gasteiger partial charge in [-0.05, 0) is 12.1 Å². The highest BCUT2D eigenvalue weighted by Crippen LogP contribution is 2.41. The molecular weight excluding hydrogens is 346 g/mol. The van der Waals surface area contributed by atoms with Crippen molar-refractivity contribution in [3.05, 3.63) is 28.8 Å². The van der Waals surface area contributed by atoms with E-state index in [-0.39, 0.29) is 9.92 Å². The van der Waals surface area contributed by atoms with Crippen LogP contribution in [0.1, 0.15) is 5.56 Å². The molecule has 0 saturated carbocycles. The Morgan fingerprint density at radius 3 is 2.86 bits per heavy atom. The summed E-state index contributed by atoms with van der Waals surface area (Å²) < 4.78 is 25.8. The first kappa shape index (κ1) is 16.1. The highest BCUT2D eigenvalue weighted by atomic mass is 35.5. The van der Waals surface area contributed by atoms with E-state index in [0.29, 0.717) is 24.4 Å². The molecule has 0 radical (unpaired) electrons. The van der Waals surface area contributed by atoms with Gasteiger partial charge in [-0.15, -0.1) is 0 Å². The molecule has 0 amide bonds. The van der Waals surface area contributed by atoms with Gasteiger partial charge in [-0.1, -0.05) is 29.4 Å². The molecule has 1 fully saturated rings. The number of amidine groups is 1. The van der Waals surface area contributed by atoms with Gasteiger partial charge in [-0.3, -0.25) is 4.99 Å².